The number of nitrogens with one attached hydrogen (secondary N) is 2. The van der Waals surface area contributed by atoms with Gasteiger partial charge in [0.15, 0.2) is 0 Å². The van der Waals surface area contributed by atoms with Gasteiger partial charge in [0.25, 0.3) is 0 Å². The zero-order valence-electron chi connectivity index (χ0n) is 13.1. The summed E-state index contributed by atoms with van der Waals surface area (Å²) < 4.78 is 42.9. The monoisotopic (exact) mass is 346 g/mol. The molecule has 2 rings (SSSR count). The van der Waals surface area contributed by atoms with E-state index in [1.807, 2.05) is 0 Å². The average Bonchev–Trinajstić information content (AvgIpc) is 2.58. The topological polar surface area (TPSA) is 70.6 Å². The predicted molar refractivity (Wildman–Crippen MR) is 81.6 cm³/mol. The Hall–Kier alpha value is -1.80. The molecule has 1 aromatic rings. The Morgan fingerprint density at radius 2 is 2.21 bits per heavy atom. The molecule has 8 heteroatoms. The van der Waals surface area contributed by atoms with Crippen molar-refractivity contribution in [1.29, 1.82) is 0 Å². The first-order valence-electron chi connectivity index (χ1n) is 7.85. The molecule has 1 saturated heterocycles. The molecule has 2 atom stereocenters. The minimum atomic E-state index is -4.45. The smallest absolute Gasteiger partial charge is 0.416 e. The van der Waals surface area contributed by atoms with Crippen LogP contribution in [0.25, 0.3) is 0 Å². The predicted octanol–water partition coefficient (Wildman–Crippen LogP) is 1.70. The van der Waals surface area contributed by atoms with Crippen LogP contribution in [-0.2, 0) is 11.0 Å². The van der Waals surface area contributed by atoms with Gasteiger partial charge in [0, 0.05) is 6.54 Å². The van der Waals surface area contributed by atoms with Crippen LogP contribution < -0.4 is 15.4 Å². The maximum atomic E-state index is 12.6. The number of amides is 1. The lowest BCUT2D eigenvalue weighted by Gasteiger charge is -2.23. The highest BCUT2D eigenvalue weighted by Crippen LogP contribution is 2.31. The molecular formula is C16H21F3N2O3. The molecule has 1 aliphatic heterocycles. The van der Waals surface area contributed by atoms with E-state index < -0.39 is 17.8 Å². The number of carbonyl (C=O) groups excluding carboxylic acids is 1. The fourth-order valence-electron chi connectivity index (χ4n) is 2.43. The highest BCUT2D eigenvalue weighted by molar-refractivity contribution is 5.81. The number of ether oxygens (including phenoxy) is 1. The quantitative estimate of drug-likeness (QED) is 0.733. The molecule has 0 aliphatic carbocycles. The molecule has 1 aromatic carbocycles. The van der Waals surface area contributed by atoms with E-state index >= 15 is 0 Å². The molecule has 0 aromatic heterocycles. The first kappa shape index (κ1) is 18.5. The van der Waals surface area contributed by atoms with Crippen molar-refractivity contribution in [3.05, 3.63) is 29.8 Å². The van der Waals surface area contributed by atoms with Crippen molar-refractivity contribution in [2.24, 2.45) is 0 Å². The molecule has 1 amide bonds. The standard InChI is InChI=1S/C16H21F3N2O3/c17-16(18,19)11-4-3-5-13(8-11)24-10-12(22)9-21-15(23)14-6-1-2-7-20-14/h3-5,8,12,14,20,22H,1-2,6-7,9-10H2,(H,21,23)/t12?,14-/m1/s1. The summed E-state index contributed by atoms with van der Waals surface area (Å²) in [5.41, 5.74) is -0.814. The fourth-order valence-corrected chi connectivity index (χ4v) is 2.43. The Morgan fingerprint density at radius 1 is 1.42 bits per heavy atom. The Balaban J connectivity index is 1.75. The van der Waals surface area contributed by atoms with E-state index in [9.17, 15) is 23.1 Å². The number of alkyl halides is 3. The first-order valence-corrected chi connectivity index (χ1v) is 7.85. The second-order valence-corrected chi connectivity index (χ2v) is 5.74. The number of halogens is 3. The third-order valence-corrected chi connectivity index (χ3v) is 3.74. The Labute approximate surface area is 138 Å². The van der Waals surface area contributed by atoms with Crippen molar-refractivity contribution in [3.63, 3.8) is 0 Å². The molecule has 0 spiro atoms. The van der Waals surface area contributed by atoms with Gasteiger partial charge in [-0.15, -0.1) is 0 Å². The van der Waals surface area contributed by atoms with Gasteiger partial charge in [-0.2, -0.15) is 13.2 Å². The van der Waals surface area contributed by atoms with E-state index in [1.165, 1.54) is 12.1 Å². The van der Waals surface area contributed by atoms with Gasteiger partial charge < -0.3 is 20.5 Å². The maximum absolute atomic E-state index is 12.6. The highest BCUT2D eigenvalue weighted by Gasteiger charge is 2.30. The number of hydrogen-bond donors (Lipinski definition) is 3. The molecule has 1 unspecified atom stereocenters. The van der Waals surface area contributed by atoms with Gasteiger partial charge in [-0.3, -0.25) is 4.79 Å². The van der Waals surface area contributed by atoms with E-state index in [1.54, 1.807) is 0 Å². The van der Waals surface area contributed by atoms with Gasteiger partial charge in [0.1, 0.15) is 18.5 Å². The molecule has 0 radical (unpaired) electrons. The molecule has 134 valence electrons. The number of hydrogen-bond acceptors (Lipinski definition) is 4. The van der Waals surface area contributed by atoms with Crippen LogP contribution in [0.4, 0.5) is 13.2 Å². The zero-order chi connectivity index (χ0) is 17.6. The van der Waals surface area contributed by atoms with E-state index in [2.05, 4.69) is 10.6 Å². The molecule has 5 nitrogen and oxygen atoms in total. The largest absolute Gasteiger partial charge is 0.491 e. The number of rotatable bonds is 6. The summed E-state index contributed by atoms with van der Waals surface area (Å²) in [6, 6.07) is 4.18. The van der Waals surface area contributed by atoms with Crippen LogP contribution >= 0.6 is 0 Å². The molecule has 0 bridgehead atoms. The van der Waals surface area contributed by atoms with E-state index in [0.717, 1.165) is 37.9 Å². The number of piperidine rings is 1. The number of aliphatic hydroxyl groups excluding tert-OH is 1. The van der Waals surface area contributed by atoms with E-state index in [-0.39, 0.29) is 30.9 Å². The van der Waals surface area contributed by atoms with Gasteiger partial charge >= 0.3 is 6.18 Å². The van der Waals surface area contributed by atoms with Crippen LogP contribution in [0.3, 0.4) is 0 Å². The first-order chi connectivity index (χ1) is 11.4. The summed E-state index contributed by atoms with van der Waals surface area (Å²) >= 11 is 0. The third kappa shape index (κ3) is 5.68. The average molecular weight is 346 g/mol. The molecule has 1 aliphatic rings. The van der Waals surface area contributed by atoms with Crippen LogP contribution in [0.5, 0.6) is 5.75 Å². The number of benzene rings is 1. The second kappa shape index (κ2) is 8.34. The van der Waals surface area contributed by atoms with Gasteiger partial charge in [-0.25, -0.2) is 0 Å². The Bertz CT molecular complexity index is 546. The van der Waals surface area contributed by atoms with Crippen LogP contribution in [0.15, 0.2) is 24.3 Å². The molecule has 3 N–H and O–H groups in total. The minimum absolute atomic E-state index is 0.0177. The van der Waals surface area contributed by atoms with Crippen LogP contribution in [0, 0.1) is 0 Å². The Morgan fingerprint density at radius 3 is 2.88 bits per heavy atom. The minimum Gasteiger partial charge on any atom is -0.491 e. The van der Waals surface area contributed by atoms with Gasteiger partial charge in [-0.05, 0) is 37.6 Å². The zero-order valence-corrected chi connectivity index (χ0v) is 13.1. The van der Waals surface area contributed by atoms with Gasteiger partial charge in [-0.1, -0.05) is 12.5 Å². The lowest BCUT2D eigenvalue weighted by molar-refractivity contribution is -0.137. The SMILES string of the molecule is O=C(NCC(O)COc1cccc(C(F)(F)F)c1)[C@H]1CCCCN1. The van der Waals surface area contributed by atoms with Crippen molar-refractivity contribution in [2.75, 3.05) is 19.7 Å². The second-order valence-electron chi connectivity index (χ2n) is 5.74. The summed E-state index contributed by atoms with van der Waals surface area (Å²) in [7, 11) is 0. The normalized spacial score (nSPS) is 19.6. The van der Waals surface area contributed by atoms with Crippen molar-refractivity contribution < 1.29 is 27.8 Å². The molecule has 24 heavy (non-hydrogen) atoms. The Kier molecular flexibility index (Phi) is 6.44. The van der Waals surface area contributed by atoms with Crippen molar-refractivity contribution in [3.8, 4) is 5.75 Å². The summed E-state index contributed by atoms with van der Waals surface area (Å²) in [6.07, 6.45) is -2.68. The summed E-state index contributed by atoms with van der Waals surface area (Å²) in [5, 5.41) is 15.5. The van der Waals surface area contributed by atoms with Crippen molar-refractivity contribution >= 4 is 5.91 Å². The summed E-state index contributed by atoms with van der Waals surface area (Å²) in [4.78, 5) is 11.9. The lowest BCUT2D eigenvalue weighted by atomic mass is 10.0. The van der Waals surface area contributed by atoms with Crippen molar-refractivity contribution in [2.45, 2.75) is 37.6 Å². The molecule has 1 heterocycles. The summed E-state index contributed by atoms with van der Waals surface area (Å²) in [6.45, 7) is 0.564. The van der Waals surface area contributed by atoms with Crippen molar-refractivity contribution in [1.82, 2.24) is 10.6 Å². The molecular weight excluding hydrogens is 325 g/mol. The van der Waals surface area contributed by atoms with Crippen LogP contribution in [-0.4, -0.2) is 42.9 Å². The number of aliphatic hydroxyl groups is 1. The van der Waals surface area contributed by atoms with E-state index in [0.29, 0.717) is 0 Å². The van der Waals surface area contributed by atoms with Crippen LogP contribution in [0.1, 0.15) is 24.8 Å². The van der Waals surface area contributed by atoms with Gasteiger partial charge in [0.2, 0.25) is 5.91 Å². The summed E-state index contributed by atoms with van der Waals surface area (Å²) in [5.74, 6) is -0.169. The highest BCUT2D eigenvalue weighted by atomic mass is 19.4. The molecule has 1 fully saturated rings. The molecule has 0 saturated carbocycles. The lowest BCUT2D eigenvalue weighted by Crippen LogP contribution is -2.48. The van der Waals surface area contributed by atoms with E-state index in [4.69, 9.17) is 4.74 Å². The fraction of sp³-hybridized carbons (Fsp3) is 0.562. The van der Waals surface area contributed by atoms with Crippen LogP contribution in [0.2, 0.25) is 0 Å². The maximum Gasteiger partial charge on any atom is 0.416 e. The van der Waals surface area contributed by atoms with Gasteiger partial charge in [0.05, 0.1) is 11.6 Å². The number of carbonyl (C=O) groups is 1. The third-order valence-electron chi connectivity index (χ3n) is 3.74.